The molecule has 0 aliphatic carbocycles. The van der Waals surface area contributed by atoms with Gasteiger partial charge in [-0.3, -0.25) is 4.79 Å². The molecular formula is C23H29ClFN3OS. The molecule has 4 nitrogen and oxygen atoms in total. The molecule has 1 amide bonds. The van der Waals surface area contributed by atoms with Gasteiger partial charge in [0.05, 0.1) is 5.02 Å². The van der Waals surface area contributed by atoms with Crippen molar-refractivity contribution < 1.29 is 9.18 Å². The summed E-state index contributed by atoms with van der Waals surface area (Å²) in [5, 5.41) is 0.422. The Balaban J connectivity index is 1.50. The van der Waals surface area contributed by atoms with Crippen LogP contribution in [0, 0.1) is 5.82 Å². The van der Waals surface area contributed by atoms with Crippen molar-refractivity contribution in [3.63, 3.8) is 0 Å². The highest BCUT2D eigenvalue weighted by atomic mass is 35.5. The van der Waals surface area contributed by atoms with Gasteiger partial charge < -0.3 is 15.5 Å². The van der Waals surface area contributed by atoms with Crippen molar-refractivity contribution in [3.8, 4) is 10.4 Å². The van der Waals surface area contributed by atoms with E-state index in [0.29, 0.717) is 29.0 Å². The van der Waals surface area contributed by atoms with Crippen LogP contribution in [0.25, 0.3) is 10.4 Å². The molecule has 2 N–H and O–H groups in total. The summed E-state index contributed by atoms with van der Waals surface area (Å²) in [6.45, 7) is 7.65. The molecule has 0 unspecified atom stereocenters. The predicted octanol–water partition coefficient (Wildman–Crippen LogP) is 4.97. The number of piperidine rings is 1. The molecule has 0 bridgehead atoms. The predicted molar refractivity (Wildman–Crippen MR) is 122 cm³/mol. The van der Waals surface area contributed by atoms with Crippen LogP contribution in [-0.2, 0) is 0 Å². The molecule has 3 heterocycles. The average Bonchev–Trinajstić information content (AvgIpc) is 3.33. The van der Waals surface area contributed by atoms with E-state index in [1.165, 1.54) is 11.3 Å². The molecular weight excluding hydrogens is 421 g/mol. The van der Waals surface area contributed by atoms with Crippen LogP contribution in [0.2, 0.25) is 5.02 Å². The summed E-state index contributed by atoms with van der Waals surface area (Å²) in [4.78, 5) is 18.3. The van der Waals surface area contributed by atoms with Crippen molar-refractivity contribution >= 4 is 28.8 Å². The number of hydrogen-bond donors (Lipinski definition) is 1. The number of nitrogens with two attached hydrogens (primary N) is 1. The van der Waals surface area contributed by atoms with Gasteiger partial charge in [0.25, 0.3) is 5.91 Å². The molecule has 1 atom stereocenters. The van der Waals surface area contributed by atoms with Crippen molar-refractivity contribution in [1.29, 1.82) is 0 Å². The number of benzene rings is 1. The lowest BCUT2D eigenvalue weighted by Crippen LogP contribution is -2.37. The second-order valence-electron chi connectivity index (χ2n) is 8.73. The third kappa shape index (κ3) is 4.42. The molecule has 0 radical (unpaired) electrons. The fraction of sp³-hybridized carbons (Fsp3) is 0.522. The van der Waals surface area contributed by atoms with Gasteiger partial charge in [-0.1, -0.05) is 23.7 Å². The third-order valence-electron chi connectivity index (χ3n) is 6.38. The number of nitrogens with zero attached hydrogens (tertiary/aromatic N) is 2. The number of hydrogen-bond acceptors (Lipinski definition) is 4. The normalized spacial score (nSPS) is 21.0. The van der Waals surface area contributed by atoms with Gasteiger partial charge in [0, 0.05) is 30.1 Å². The van der Waals surface area contributed by atoms with Gasteiger partial charge in [0.2, 0.25) is 0 Å². The largest absolute Gasteiger partial charge is 0.336 e. The summed E-state index contributed by atoms with van der Waals surface area (Å²) in [5.41, 5.74) is 7.48. The maximum atomic E-state index is 15.0. The first kappa shape index (κ1) is 21.8. The molecule has 2 aliphatic heterocycles. The fourth-order valence-corrected chi connectivity index (χ4v) is 5.90. The van der Waals surface area contributed by atoms with Crippen LogP contribution < -0.4 is 5.73 Å². The van der Waals surface area contributed by atoms with Crippen LogP contribution in [0.4, 0.5) is 4.39 Å². The number of carbonyl (C=O) groups excluding carboxylic acids is 1. The standard InChI is InChI=1S/C23H29ClFN3OS/c1-14(2)27-8-5-15(6-9-27)18-4-3-16(11-20(18)25)21-12-19(24)22(30-21)23(29)28-10-7-17(26)13-28/h3-4,11-12,14-15,17H,5-10,13,26H2,1-2H3/t17-/m0/s1. The lowest BCUT2D eigenvalue weighted by Gasteiger charge is -2.34. The van der Waals surface area contributed by atoms with E-state index in [1.807, 2.05) is 12.1 Å². The molecule has 2 aliphatic rings. The maximum absolute atomic E-state index is 15.0. The Bertz CT molecular complexity index is 923. The van der Waals surface area contributed by atoms with E-state index >= 15 is 0 Å². The minimum atomic E-state index is -0.168. The maximum Gasteiger partial charge on any atom is 0.265 e. The lowest BCUT2D eigenvalue weighted by molar-refractivity contribution is 0.0796. The Kier molecular flexibility index (Phi) is 6.49. The summed E-state index contributed by atoms with van der Waals surface area (Å²) >= 11 is 7.69. The number of halogens is 2. The van der Waals surface area contributed by atoms with Crippen molar-refractivity contribution in [2.75, 3.05) is 26.2 Å². The second-order valence-corrected chi connectivity index (χ2v) is 10.2. The highest BCUT2D eigenvalue weighted by Gasteiger charge is 2.28. The highest BCUT2D eigenvalue weighted by Crippen LogP contribution is 2.38. The van der Waals surface area contributed by atoms with E-state index in [1.54, 1.807) is 17.0 Å². The summed E-state index contributed by atoms with van der Waals surface area (Å²) in [5.74, 6) is 0.00843. The molecule has 7 heteroatoms. The quantitative estimate of drug-likeness (QED) is 0.717. The minimum Gasteiger partial charge on any atom is -0.336 e. The van der Waals surface area contributed by atoms with Crippen molar-refractivity contribution in [1.82, 2.24) is 9.80 Å². The van der Waals surface area contributed by atoms with E-state index in [4.69, 9.17) is 17.3 Å². The SMILES string of the molecule is CC(C)N1CCC(c2ccc(-c3cc(Cl)c(C(=O)N4CC[C@H](N)C4)s3)cc2F)CC1. The van der Waals surface area contributed by atoms with Gasteiger partial charge in [-0.15, -0.1) is 11.3 Å². The highest BCUT2D eigenvalue weighted by molar-refractivity contribution is 7.18. The Hall–Kier alpha value is -1.47. The Morgan fingerprint density at radius 1 is 1.20 bits per heavy atom. The van der Waals surface area contributed by atoms with Gasteiger partial charge in [0.1, 0.15) is 10.7 Å². The molecule has 30 heavy (non-hydrogen) atoms. The molecule has 1 aromatic carbocycles. The van der Waals surface area contributed by atoms with Crippen LogP contribution in [0.1, 0.15) is 54.3 Å². The van der Waals surface area contributed by atoms with Crippen molar-refractivity contribution in [3.05, 3.63) is 45.5 Å². The van der Waals surface area contributed by atoms with E-state index in [2.05, 4.69) is 18.7 Å². The van der Waals surface area contributed by atoms with Crippen molar-refractivity contribution in [2.45, 2.75) is 51.1 Å². The van der Waals surface area contributed by atoms with Gasteiger partial charge in [-0.05, 0) is 75.4 Å². The molecule has 2 aromatic rings. The molecule has 2 saturated heterocycles. The van der Waals surface area contributed by atoms with Gasteiger partial charge in [0.15, 0.2) is 0 Å². The van der Waals surface area contributed by atoms with E-state index in [9.17, 15) is 9.18 Å². The lowest BCUT2D eigenvalue weighted by atomic mass is 9.88. The zero-order valence-corrected chi connectivity index (χ0v) is 19.1. The fourth-order valence-electron chi connectivity index (χ4n) is 4.51. The van der Waals surface area contributed by atoms with Crippen molar-refractivity contribution in [2.24, 2.45) is 5.73 Å². The smallest absolute Gasteiger partial charge is 0.265 e. The number of likely N-dealkylation sites (tertiary alicyclic amines) is 2. The third-order valence-corrected chi connectivity index (χ3v) is 7.96. The molecule has 162 valence electrons. The average molecular weight is 450 g/mol. The van der Waals surface area contributed by atoms with Crippen LogP contribution in [0.5, 0.6) is 0 Å². The zero-order valence-electron chi connectivity index (χ0n) is 17.5. The first-order chi connectivity index (χ1) is 14.3. The topological polar surface area (TPSA) is 49.6 Å². The van der Waals surface area contributed by atoms with Crippen LogP contribution in [-0.4, -0.2) is 54.0 Å². The minimum absolute atomic E-state index is 0.0289. The molecule has 0 saturated carbocycles. The number of thiophene rings is 1. The number of amides is 1. The first-order valence-corrected chi connectivity index (χ1v) is 11.9. The van der Waals surface area contributed by atoms with Crippen LogP contribution in [0.3, 0.4) is 0 Å². The zero-order chi connectivity index (χ0) is 21.4. The Labute approximate surface area is 186 Å². The first-order valence-electron chi connectivity index (χ1n) is 10.7. The van der Waals surface area contributed by atoms with Gasteiger partial charge in [-0.2, -0.15) is 0 Å². The summed E-state index contributed by atoms with van der Waals surface area (Å²) in [6.07, 6.45) is 2.77. The molecule has 2 fully saturated rings. The monoisotopic (exact) mass is 449 g/mol. The van der Waals surface area contributed by atoms with Gasteiger partial charge in [-0.25, -0.2) is 4.39 Å². The van der Waals surface area contributed by atoms with Gasteiger partial charge >= 0.3 is 0 Å². The second kappa shape index (κ2) is 8.95. The Morgan fingerprint density at radius 3 is 2.53 bits per heavy atom. The molecule has 1 aromatic heterocycles. The number of carbonyl (C=O) groups is 1. The van der Waals surface area contributed by atoms with Crippen LogP contribution in [0.15, 0.2) is 24.3 Å². The van der Waals surface area contributed by atoms with E-state index in [-0.39, 0.29) is 23.7 Å². The van der Waals surface area contributed by atoms with E-state index < -0.39 is 0 Å². The molecule has 4 rings (SSSR count). The Morgan fingerprint density at radius 2 is 1.93 bits per heavy atom. The molecule has 0 spiro atoms. The number of rotatable bonds is 4. The van der Waals surface area contributed by atoms with Crippen LogP contribution >= 0.6 is 22.9 Å². The summed E-state index contributed by atoms with van der Waals surface area (Å²) < 4.78 is 15.0. The van der Waals surface area contributed by atoms with E-state index in [0.717, 1.165) is 48.4 Å². The summed E-state index contributed by atoms with van der Waals surface area (Å²) in [7, 11) is 0. The summed E-state index contributed by atoms with van der Waals surface area (Å²) in [6, 6.07) is 7.79.